The highest BCUT2D eigenvalue weighted by Crippen LogP contribution is 2.69. The predicted octanol–water partition coefficient (Wildman–Crippen LogP) is 8.29. The Morgan fingerprint density at radius 3 is 2.21 bits per heavy atom. The molecule has 0 unspecified atom stereocenters. The normalized spacial score (nSPS) is 13.8. The van der Waals surface area contributed by atoms with E-state index in [1.54, 1.807) is 0 Å². The maximum Gasteiger partial charge on any atom is 0.474 e. The van der Waals surface area contributed by atoms with E-state index in [2.05, 4.69) is 20.3 Å². The van der Waals surface area contributed by atoms with Crippen molar-refractivity contribution in [2.75, 3.05) is 19.8 Å². The highest BCUT2D eigenvalue weighted by Gasteiger charge is 2.57. The molecule has 0 aliphatic carbocycles. The van der Waals surface area contributed by atoms with Crippen molar-refractivity contribution in [2.24, 2.45) is 4.36 Å². The van der Waals surface area contributed by atoms with Crippen molar-refractivity contribution >= 4 is 62.4 Å². The lowest BCUT2D eigenvalue weighted by atomic mass is 10.1. The van der Waals surface area contributed by atoms with Crippen LogP contribution in [0.15, 0.2) is 21.0 Å². The van der Waals surface area contributed by atoms with Crippen molar-refractivity contribution in [2.45, 2.75) is 50.5 Å². The summed E-state index contributed by atoms with van der Waals surface area (Å²) in [7, 11) is -5.02. The second-order valence-corrected chi connectivity index (χ2v) is 12.0. The van der Waals surface area contributed by atoms with Crippen LogP contribution in [0.5, 0.6) is 5.75 Å². The molecular weight excluding hydrogens is 661 g/mol. The third kappa shape index (κ3) is 8.19. The van der Waals surface area contributed by atoms with Gasteiger partial charge in [-0.25, -0.2) is 0 Å². The SMILES string of the molecule is CCOP(=O)(OCC)C(F)(F)c1sc2c(OCCCC(F)(F)F)cc(C/[SH]=N/C(=O)C(F)(F)F)cc2c1Br. The summed E-state index contributed by atoms with van der Waals surface area (Å²) < 4.78 is 136. The van der Waals surface area contributed by atoms with Gasteiger partial charge in [-0.2, -0.15) is 39.5 Å². The van der Waals surface area contributed by atoms with E-state index >= 15 is 8.78 Å². The Morgan fingerprint density at radius 1 is 1.08 bits per heavy atom. The topological polar surface area (TPSA) is 74.2 Å². The number of halogens is 9. The van der Waals surface area contributed by atoms with Crippen molar-refractivity contribution < 1.29 is 58.3 Å². The molecule has 0 radical (unpaired) electrons. The number of ether oxygens (including phenoxy) is 1. The van der Waals surface area contributed by atoms with Gasteiger partial charge in [-0.15, -0.1) is 22.9 Å². The Balaban J connectivity index is 2.56. The Kier molecular flexibility index (Phi) is 11.3. The Bertz CT molecular complexity index is 1210. The molecule has 0 N–H and O–H groups in total. The second kappa shape index (κ2) is 13.0. The van der Waals surface area contributed by atoms with Crippen molar-refractivity contribution in [1.29, 1.82) is 0 Å². The smallest absolute Gasteiger partial charge is 0.474 e. The molecule has 38 heavy (non-hydrogen) atoms. The molecule has 1 amide bonds. The fraction of sp³-hybridized carbons (Fsp3) is 0.550. The number of carbonyl (C=O) groups is 1. The summed E-state index contributed by atoms with van der Waals surface area (Å²) in [6, 6.07) is 2.55. The molecule has 6 nitrogen and oxygen atoms in total. The minimum absolute atomic E-state index is 0.0434. The Hall–Kier alpha value is -1.13. The number of fused-ring (bicyclic) bond motifs is 1. The number of carbonyl (C=O) groups excluding carboxylic acids is 1. The molecule has 1 aromatic heterocycles. The fourth-order valence-corrected chi connectivity index (χ4v) is 7.62. The van der Waals surface area contributed by atoms with Crippen molar-refractivity contribution in [3.63, 3.8) is 0 Å². The first-order valence-electron chi connectivity index (χ1n) is 10.7. The average molecular weight is 682 g/mol. The van der Waals surface area contributed by atoms with Gasteiger partial charge >= 0.3 is 31.5 Å². The zero-order chi connectivity index (χ0) is 28.9. The van der Waals surface area contributed by atoms with Gasteiger partial charge in [-0.05, 0) is 53.9 Å². The third-order valence-electron chi connectivity index (χ3n) is 4.49. The van der Waals surface area contributed by atoms with Crippen molar-refractivity contribution in [3.05, 3.63) is 27.0 Å². The van der Waals surface area contributed by atoms with E-state index in [0.717, 1.165) is 0 Å². The van der Waals surface area contributed by atoms with Crippen molar-refractivity contribution in [1.82, 2.24) is 0 Å². The number of nitrogens with zero attached hydrogens (tertiary/aromatic N) is 1. The van der Waals surface area contributed by atoms with Crippen LogP contribution in [0.3, 0.4) is 0 Å². The van der Waals surface area contributed by atoms with E-state index in [9.17, 15) is 35.7 Å². The number of hydrogen-bond donors (Lipinski definition) is 1. The van der Waals surface area contributed by atoms with E-state index in [0.29, 0.717) is 11.3 Å². The van der Waals surface area contributed by atoms with Crippen LogP contribution in [0.1, 0.15) is 37.1 Å². The summed E-state index contributed by atoms with van der Waals surface area (Å²) in [6.45, 7) is 1.52. The number of hydrogen-bond acceptors (Lipinski definition) is 6. The van der Waals surface area contributed by atoms with Crippen LogP contribution in [0.25, 0.3) is 10.1 Å². The van der Waals surface area contributed by atoms with Crippen LogP contribution in [-0.2, 0) is 41.4 Å². The highest BCUT2D eigenvalue weighted by molar-refractivity contribution is 9.10. The standard InChI is InChI=1S/C20H21BrF8NO5PS2/c1-3-34-36(32,35-4-2)20(28,29)16-14(21)12-8-11(10-37-30-17(31)19(25,26)27)9-13(15(12)38-16)33-7-5-6-18(22,23)24/h8-9,37H,3-7,10H2,1-2H3. The first kappa shape index (κ1) is 33.1. The van der Waals surface area contributed by atoms with Crippen LogP contribution in [0, 0.1) is 0 Å². The molecule has 0 saturated carbocycles. The van der Waals surface area contributed by atoms with Gasteiger partial charge in [-0.3, -0.25) is 9.36 Å². The van der Waals surface area contributed by atoms with Gasteiger partial charge in [0, 0.05) is 22.0 Å². The third-order valence-corrected chi connectivity index (χ3v) is 9.95. The molecule has 1 aromatic carbocycles. The van der Waals surface area contributed by atoms with Gasteiger partial charge in [0.15, 0.2) is 0 Å². The van der Waals surface area contributed by atoms with Gasteiger partial charge in [0.25, 0.3) is 0 Å². The minimum atomic E-state index is -5.17. The van der Waals surface area contributed by atoms with Crippen LogP contribution < -0.4 is 4.74 Å². The summed E-state index contributed by atoms with van der Waals surface area (Å²) in [5.41, 5.74) is -3.96. The fourth-order valence-electron chi connectivity index (χ4n) is 2.95. The molecule has 0 spiro atoms. The van der Waals surface area contributed by atoms with Crippen LogP contribution >= 0.6 is 34.9 Å². The van der Waals surface area contributed by atoms with E-state index in [1.165, 1.54) is 26.0 Å². The maximum absolute atomic E-state index is 15.5. The number of thiophene rings is 1. The summed E-state index contributed by atoms with van der Waals surface area (Å²) >= 11 is 3.15. The quantitative estimate of drug-likeness (QED) is 0.106. The van der Waals surface area contributed by atoms with Gasteiger partial charge in [0.1, 0.15) is 10.6 Å². The lowest BCUT2D eigenvalue weighted by molar-refractivity contribution is -0.169. The number of amides is 1. The lowest BCUT2D eigenvalue weighted by Crippen LogP contribution is -2.19. The van der Waals surface area contributed by atoms with E-state index in [4.69, 9.17) is 13.8 Å². The minimum Gasteiger partial charge on any atom is -0.492 e. The van der Waals surface area contributed by atoms with E-state index in [-0.39, 0.29) is 56.4 Å². The summed E-state index contributed by atoms with van der Waals surface area (Å²) in [6.07, 6.45) is -11.2. The van der Waals surface area contributed by atoms with Crippen LogP contribution in [-0.4, -0.2) is 38.1 Å². The predicted molar refractivity (Wildman–Crippen MR) is 131 cm³/mol. The monoisotopic (exact) mass is 681 g/mol. The van der Waals surface area contributed by atoms with Gasteiger partial charge in [0.05, 0.1) is 24.5 Å². The highest BCUT2D eigenvalue weighted by atomic mass is 79.9. The average Bonchev–Trinajstić information content (AvgIpc) is 3.13. The summed E-state index contributed by atoms with van der Waals surface area (Å²) in [5.74, 6) is -2.72. The van der Waals surface area contributed by atoms with Crippen LogP contribution in [0.4, 0.5) is 35.1 Å². The molecule has 0 saturated heterocycles. The zero-order valence-corrected chi connectivity index (χ0v) is 23.8. The zero-order valence-electron chi connectivity index (χ0n) is 19.6. The molecule has 0 atom stereocenters. The molecule has 0 bridgehead atoms. The molecule has 0 aliphatic rings. The molecule has 216 valence electrons. The maximum atomic E-state index is 15.5. The van der Waals surface area contributed by atoms with Crippen molar-refractivity contribution in [3.8, 4) is 5.75 Å². The van der Waals surface area contributed by atoms with Gasteiger partial charge < -0.3 is 13.8 Å². The largest absolute Gasteiger partial charge is 0.492 e. The first-order valence-corrected chi connectivity index (χ1v) is 14.9. The molecule has 2 rings (SSSR count). The first-order chi connectivity index (χ1) is 17.5. The Morgan fingerprint density at radius 2 is 1.68 bits per heavy atom. The number of benzene rings is 1. The second-order valence-electron chi connectivity index (χ2n) is 7.36. The molecule has 0 fully saturated rings. The van der Waals surface area contributed by atoms with E-state index < -0.39 is 55.8 Å². The summed E-state index contributed by atoms with van der Waals surface area (Å²) in [4.78, 5) is 10.2. The van der Waals surface area contributed by atoms with Gasteiger partial charge in [0.2, 0.25) is 0 Å². The molecule has 18 heteroatoms. The molecule has 1 heterocycles. The molecule has 0 aliphatic heterocycles. The van der Waals surface area contributed by atoms with Crippen LogP contribution in [0.2, 0.25) is 0 Å². The molecular formula is C20H21BrF8NO5PS2. The lowest BCUT2D eigenvalue weighted by Gasteiger charge is -2.25. The Labute approximate surface area is 227 Å². The summed E-state index contributed by atoms with van der Waals surface area (Å²) in [5, 5.41) is 0.0601. The molecule has 2 aromatic rings. The van der Waals surface area contributed by atoms with Gasteiger partial charge in [-0.1, -0.05) is 0 Å². The number of rotatable bonds is 12. The number of alkyl halides is 8. The number of thiol groups is 1. The van der Waals surface area contributed by atoms with E-state index in [1.807, 2.05) is 0 Å².